The van der Waals surface area contributed by atoms with E-state index in [0.717, 1.165) is 18.7 Å². The topological polar surface area (TPSA) is 21.3 Å². The minimum Gasteiger partial charge on any atom is -0.496 e. The number of halogens is 1. The Hall–Kier alpha value is -0.540. The van der Waals surface area contributed by atoms with Gasteiger partial charge in [0.25, 0.3) is 0 Å². The predicted molar refractivity (Wildman–Crippen MR) is 84.3 cm³/mol. The Labute approximate surface area is 125 Å². The highest BCUT2D eigenvalue weighted by atomic mass is 79.9. The van der Waals surface area contributed by atoms with Crippen molar-refractivity contribution >= 4 is 15.9 Å². The molecule has 1 aromatic rings. The number of benzene rings is 1. The van der Waals surface area contributed by atoms with E-state index in [1.807, 2.05) is 0 Å². The third-order valence-corrected chi connectivity index (χ3v) is 5.54. The highest BCUT2D eigenvalue weighted by molar-refractivity contribution is 9.10. The summed E-state index contributed by atoms with van der Waals surface area (Å²) in [6.07, 6.45) is 4.98. The molecule has 0 aromatic heterocycles. The van der Waals surface area contributed by atoms with Gasteiger partial charge in [0.05, 0.1) is 7.11 Å². The highest BCUT2D eigenvalue weighted by Gasteiger charge is 2.21. The minimum absolute atomic E-state index is 0.593. The van der Waals surface area contributed by atoms with E-state index in [9.17, 15) is 0 Å². The fraction of sp³-hybridized carbons (Fsp3) is 0.625. The van der Waals surface area contributed by atoms with Crippen LogP contribution < -0.4 is 10.1 Å². The second kappa shape index (κ2) is 6.27. The van der Waals surface area contributed by atoms with Crippen molar-refractivity contribution in [1.82, 2.24) is 5.32 Å². The molecule has 3 heteroatoms. The first kappa shape index (κ1) is 14.9. The van der Waals surface area contributed by atoms with Crippen LogP contribution >= 0.6 is 15.9 Å². The second-order valence-corrected chi connectivity index (χ2v) is 6.34. The summed E-state index contributed by atoms with van der Waals surface area (Å²) in [5.74, 6) is 1.07. The molecule has 106 valence electrons. The van der Waals surface area contributed by atoms with Crippen LogP contribution in [-0.4, -0.2) is 19.7 Å². The van der Waals surface area contributed by atoms with Crippen molar-refractivity contribution < 1.29 is 4.74 Å². The molecule has 1 saturated heterocycles. The number of hydrogen-bond donors (Lipinski definition) is 1. The van der Waals surface area contributed by atoms with Crippen LogP contribution in [0.4, 0.5) is 0 Å². The van der Waals surface area contributed by atoms with E-state index in [2.05, 4.69) is 42.0 Å². The summed E-state index contributed by atoms with van der Waals surface area (Å²) < 4.78 is 6.92. The summed E-state index contributed by atoms with van der Waals surface area (Å²) in [4.78, 5) is 0. The third kappa shape index (κ3) is 2.97. The fourth-order valence-corrected chi connectivity index (χ4v) is 3.55. The smallest absolute Gasteiger partial charge is 0.125 e. The SMILES string of the molecule is COc1c(C)c(C)c(Br)c(C)c1CC1CCCCN1. The fourth-order valence-electron chi connectivity index (χ4n) is 3.01. The maximum Gasteiger partial charge on any atom is 0.125 e. The van der Waals surface area contributed by atoms with Crippen LogP contribution in [0.1, 0.15) is 41.5 Å². The van der Waals surface area contributed by atoms with Gasteiger partial charge in [-0.2, -0.15) is 0 Å². The van der Waals surface area contributed by atoms with E-state index < -0.39 is 0 Å². The van der Waals surface area contributed by atoms with Gasteiger partial charge in [-0.15, -0.1) is 0 Å². The molecule has 0 radical (unpaired) electrons. The lowest BCUT2D eigenvalue weighted by atomic mass is 9.91. The Bertz CT molecular complexity index is 465. The summed E-state index contributed by atoms with van der Waals surface area (Å²) in [5.41, 5.74) is 5.23. The van der Waals surface area contributed by atoms with Crippen LogP contribution in [0.2, 0.25) is 0 Å². The number of methoxy groups -OCH3 is 1. The number of ether oxygens (including phenoxy) is 1. The Kier molecular flexibility index (Phi) is 4.91. The van der Waals surface area contributed by atoms with Crippen molar-refractivity contribution in [1.29, 1.82) is 0 Å². The first-order valence-corrected chi connectivity index (χ1v) is 7.91. The van der Waals surface area contributed by atoms with Gasteiger partial charge in [-0.05, 0) is 68.8 Å². The molecule has 2 rings (SSSR count). The number of rotatable bonds is 3. The Morgan fingerprint density at radius 2 is 1.89 bits per heavy atom. The molecule has 0 spiro atoms. The normalized spacial score (nSPS) is 19.5. The molecule has 19 heavy (non-hydrogen) atoms. The highest BCUT2D eigenvalue weighted by Crippen LogP contribution is 2.37. The van der Waals surface area contributed by atoms with Crippen LogP contribution in [0.3, 0.4) is 0 Å². The lowest BCUT2D eigenvalue weighted by molar-refractivity contribution is 0.379. The standard InChI is InChI=1S/C16H24BrNO/c1-10-11(2)16(19-4)14(12(3)15(10)17)9-13-7-5-6-8-18-13/h13,18H,5-9H2,1-4H3. The molecule has 0 amide bonds. The van der Waals surface area contributed by atoms with Crippen LogP contribution in [0.25, 0.3) is 0 Å². The first-order chi connectivity index (χ1) is 9.06. The van der Waals surface area contributed by atoms with Gasteiger partial charge in [-0.25, -0.2) is 0 Å². The summed E-state index contributed by atoms with van der Waals surface area (Å²) in [6, 6.07) is 0.593. The zero-order chi connectivity index (χ0) is 14.0. The van der Waals surface area contributed by atoms with Crippen LogP contribution in [0, 0.1) is 20.8 Å². The molecule has 1 N–H and O–H groups in total. The molecule has 1 heterocycles. The Morgan fingerprint density at radius 1 is 1.16 bits per heavy atom. The summed E-state index contributed by atoms with van der Waals surface area (Å²) >= 11 is 3.73. The minimum atomic E-state index is 0.593. The largest absolute Gasteiger partial charge is 0.496 e. The molecule has 0 saturated carbocycles. The van der Waals surface area contributed by atoms with Gasteiger partial charge < -0.3 is 10.1 Å². The van der Waals surface area contributed by atoms with Crippen molar-refractivity contribution in [3.63, 3.8) is 0 Å². The molecule has 1 aliphatic heterocycles. The van der Waals surface area contributed by atoms with Crippen molar-refractivity contribution in [3.8, 4) is 5.75 Å². The van der Waals surface area contributed by atoms with Gasteiger partial charge in [0.15, 0.2) is 0 Å². The maximum absolute atomic E-state index is 5.69. The average Bonchev–Trinajstić information content (AvgIpc) is 2.44. The molecule has 1 aromatic carbocycles. The van der Waals surface area contributed by atoms with Gasteiger partial charge in [0, 0.05) is 10.5 Å². The van der Waals surface area contributed by atoms with E-state index in [4.69, 9.17) is 4.74 Å². The zero-order valence-electron chi connectivity index (χ0n) is 12.4. The molecule has 1 atom stereocenters. The van der Waals surface area contributed by atoms with Gasteiger partial charge >= 0.3 is 0 Å². The second-order valence-electron chi connectivity index (χ2n) is 5.55. The third-order valence-electron chi connectivity index (χ3n) is 4.36. The van der Waals surface area contributed by atoms with E-state index in [0.29, 0.717) is 6.04 Å². The van der Waals surface area contributed by atoms with Gasteiger partial charge in [0.1, 0.15) is 5.75 Å². The van der Waals surface area contributed by atoms with Gasteiger partial charge in [-0.1, -0.05) is 22.4 Å². The molecule has 1 aliphatic rings. The van der Waals surface area contributed by atoms with Crippen LogP contribution in [0.15, 0.2) is 4.47 Å². The quantitative estimate of drug-likeness (QED) is 0.904. The maximum atomic E-state index is 5.69. The lowest BCUT2D eigenvalue weighted by Gasteiger charge is -2.26. The Morgan fingerprint density at radius 3 is 2.47 bits per heavy atom. The van der Waals surface area contributed by atoms with Gasteiger partial charge in [-0.3, -0.25) is 0 Å². The molecule has 0 aliphatic carbocycles. The molecule has 1 unspecified atom stereocenters. The molecule has 2 nitrogen and oxygen atoms in total. The molecular weight excluding hydrogens is 302 g/mol. The molecular formula is C16H24BrNO. The number of nitrogens with one attached hydrogen (secondary N) is 1. The average molecular weight is 326 g/mol. The monoisotopic (exact) mass is 325 g/mol. The number of piperidine rings is 1. The van der Waals surface area contributed by atoms with Crippen molar-refractivity contribution in [2.75, 3.05) is 13.7 Å². The first-order valence-electron chi connectivity index (χ1n) is 7.11. The van der Waals surface area contributed by atoms with Crippen molar-refractivity contribution in [2.24, 2.45) is 0 Å². The molecule has 1 fully saturated rings. The predicted octanol–water partition coefficient (Wildman–Crippen LogP) is 4.07. The van der Waals surface area contributed by atoms with Crippen molar-refractivity contribution in [3.05, 3.63) is 26.7 Å². The van der Waals surface area contributed by atoms with E-state index in [1.54, 1.807) is 7.11 Å². The summed E-state index contributed by atoms with van der Waals surface area (Å²) in [7, 11) is 1.78. The summed E-state index contributed by atoms with van der Waals surface area (Å²) in [5, 5.41) is 3.63. The molecule has 0 bridgehead atoms. The van der Waals surface area contributed by atoms with Crippen LogP contribution in [0.5, 0.6) is 5.75 Å². The van der Waals surface area contributed by atoms with E-state index >= 15 is 0 Å². The number of hydrogen-bond acceptors (Lipinski definition) is 2. The van der Waals surface area contributed by atoms with Gasteiger partial charge in [0.2, 0.25) is 0 Å². The lowest BCUT2D eigenvalue weighted by Crippen LogP contribution is -2.35. The zero-order valence-corrected chi connectivity index (χ0v) is 14.0. The Balaban J connectivity index is 2.37. The van der Waals surface area contributed by atoms with Crippen molar-refractivity contribution in [2.45, 2.75) is 52.5 Å². The summed E-state index contributed by atoms with van der Waals surface area (Å²) in [6.45, 7) is 7.64. The van der Waals surface area contributed by atoms with E-state index in [-0.39, 0.29) is 0 Å². The van der Waals surface area contributed by atoms with Crippen LogP contribution in [-0.2, 0) is 6.42 Å². The van der Waals surface area contributed by atoms with E-state index in [1.165, 1.54) is 46.0 Å².